The normalized spacial score (nSPS) is 10.0. The highest BCUT2D eigenvalue weighted by Gasteiger charge is 2.14. The molecule has 0 aliphatic heterocycles. The third kappa shape index (κ3) is 3.06. The average molecular weight is 281 g/mol. The molecule has 19 heavy (non-hydrogen) atoms. The zero-order chi connectivity index (χ0) is 13.8. The summed E-state index contributed by atoms with van der Waals surface area (Å²) in [5, 5.41) is 8.43. The lowest BCUT2D eigenvalue weighted by molar-refractivity contribution is 0.102. The summed E-state index contributed by atoms with van der Waals surface area (Å²) in [5.41, 5.74) is 1.93. The number of carbonyl (C=O) groups excluding carboxylic acids is 1. The van der Waals surface area contributed by atoms with Gasteiger partial charge < -0.3 is 10.7 Å². The molecule has 2 rings (SSSR count). The SMILES string of the molecule is NNc1ccc(Cl)c(C(=O)Nc2ccc(=O)[nH]n2)n1. The largest absolute Gasteiger partial charge is 0.308 e. The number of aromatic amines is 1. The quantitative estimate of drug-likeness (QED) is 0.475. The molecule has 0 saturated carbocycles. The summed E-state index contributed by atoms with van der Waals surface area (Å²) in [6, 6.07) is 5.60. The maximum Gasteiger partial charge on any atom is 0.277 e. The minimum atomic E-state index is -0.568. The minimum absolute atomic E-state index is 0.00915. The van der Waals surface area contributed by atoms with Crippen LogP contribution < -0.4 is 22.1 Å². The number of anilines is 2. The van der Waals surface area contributed by atoms with Gasteiger partial charge in [-0.3, -0.25) is 9.59 Å². The molecule has 0 radical (unpaired) electrons. The van der Waals surface area contributed by atoms with Gasteiger partial charge in [0.05, 0.1) is 5.02 Å². The fraction of sp³-hybridized carbons (Fsp3) is 0. The number of nitrogen functional groups attached to an aromatic ring is 1. The number of amides is 1. The average Bonchev–Trinajstić information content (AvgIpc) is 2.42. The van der Waals surface area contributed by atoms with Crippen molar-refractivity contribution in [2.45, 2.75) is 0 Å². The monoisotopic (exact) mass is 280 g/mol. The first-order chi connectivity index (χ1) is 9.10. The Morgan fingerprint density at radius 2 is 2.00 bits per heavy atom. The number of hydrogen-bond acceptors (Lipinski definition) is 6. The molecule has 0 fully saturated rings. The van der Waals surface area contributed by atoms with Gasteiger partial charge in [0.25, 0.3) is 11.5 Å². The molecule has 0 bridgehead atoms. The first-order valence-corrected chi connectivity index (χ1v) is 5.48. The lowest BCUT2D eigenvalue weighted by Gasteiger charge is -2.06. The van der Waals surface area contributed by atoms with Gasteiger partial charge in [0.15, 0.2) is 5.82 Å². The van der Waals surface area contributed by atoms with Gasteiger partial charge in [0, 0.05) is 6.07 Å². The molecule has 1 amide bonds. The molecule has 98 valence electrons. The number of carbonyl (C=O) groups is 1. The first kappa shape index (κ1) is 13.0. The molecule has 0 spiro atoms. The number of rotatable bonds is 3. The maximum atomic E-state index is 11.9. The van der Waals surface area contributed by atoms with Crippen molar-refractivity contribution in [3.8, 4) is 0 Å². The van der Waals surface area contributed by atoms with Crippen molar-refractivity contribution in [1.29, 1.82) is 0 Å². The molecule has 0 saturated heterocycles. The highest BCUT2D eigenvalue weighted by Crippen LogP contribution is 2.17. The zero-order valence-electron chi connectivity index (χ0n) is 9.48. The second-order valence-corrected chi connectivity index (χ2v) is 3.84. The summed E-state index contributed by atoms with van der Waals surface area (Å²) in [6.07, 6.45) is 0. The van der Waals surface area contributed by atoms with Gasteiger partial charge >= 0.3 is 0 Å². The number of hydrogen-bond donors (Lipinski definition) is 4. The standard InChI is InChI=1S/C10H9ClN6O2/c11-5-1-2-6(15-12)13-9(5)10(19)14-7-3-4-8(18)17-16-7/h1-4H,12H2,(H,13,15)(H,17,18)(H,14,16,19). The van der Waals surface area contributed by atoms with E-state index in [1.54, 1.807) is 0 Å². The highest BCUT2D eigenvalue weighted by atomic mass is 35.5. The molecule has 9 heteroatoms. The van der Waals surface area contributed by atoms with Crippen LogP contribution in [-0.4, -0.2) is 21.1 Å². The summed E-state index contributed by atoms with van der Waals surface area (Å²) in [6.45, 7) is 0. The Kier molecular flexibility index (Phi) is 3.74. The molecule has 2 aromatic rings. The smallest absolute Gasteiger partial charge is 0.277 e. The highest BCUT2D eigenvalue weighted by molar-refractivity contribution is 6.34. The van der Waals surface area contributed by atoms with Crippen LogP contribution in [-0.2, 0) is 0 Å². The molecule has 0 unspecified atom stereocenters. The van der Waals surface area contributed by atoms with Crippen LogP contribution in [0.5, 0.6) is 0 Å². The third-order valence-corrected chi connectivity index (χ3v) is 2.43. The van der Waals surface area contributed by atoms with Gasteiger partial charge in [-0.2, -0.15) is 5.10 Å². The Hall–Kier alpha value is -2.45. The molecule has 2 aromatic heterocycles. The molecule has 0 aliphatic rings. The van der Waals surface area contributed by atoms with Gasteiger partial charge in [0.1, 0.15) is 11.5 Å². The Balaban J connectivity index is 2.24. The van der Waals surface area contributed by atoms with Crippen LogP contribution in [0.1, 0.15) is 10.5 Å². The molecule has 0 aliphatic carbocycles. The van der Waals surface area contributed by atoms with E-state index in [1.165, 1.54) is 24.3 Å². The molecule has 8 nitrogen and oxygen atoms in total. The van der Waals surface area contributed by atoms with Gasteiger partial charge in [-0.25, -0.2) is 15.9 Å². The fourth-order valence-corrected chi connectivity index (χ4v) is 1.46. The number of halogens is 1. The Labute approximate surface area is 112 Å². The van der Waals surface area contributed by atoms with E-state index in [1.807, 2.05) is 0 Å². The zero-order valence-corrected chi connectivity index (χ0v) is 10.2. The van der Waals surface area contributed by atoms with Crippen molar-refractivity contribution in [3.63, 3.8) is 0 Å². The van der Waals surface area contributed by atoms with Crippen molar-refractivity contribution in [1.82, 2.24) is 15.2 Å². The van der Waals surface area contributed by atoms with Crippen LogP contribution in [0, 0.1) is 0 Å². The number of nitrogens with one attached hydrogen (secondary N) is 3. The lowest BCUT2D eigenvalue weighted by Crippen LogP contribution is -2.18. The molecular weight excluding hydrogens is 272 g/mol. The minimum Gasteiger partial charge on any atom is -0.308 e. The number of pyridine rings is 1. The Morgan fingerprint density at radius 1 is 1.26 bits per heavy atom. The third-order valence-electron chi connectivity index (χ3n) is 2.13. The van der Waals surface area contributed by atoms with E-state index in [9.17, 15) is 9.59 Å². The summed E-state index contributed by atoms with van der Waals surface area (Å²) in [4.78, 5) is 26.7. The molecule has 5 N–H and O–H groups in total. The van der Waals surface area contributed by atoms with E-state index in [0.717, 1.165) is 0 Å². The van der Waals surface area contributed by atoms with Crippen LogP contribution in [0.2, 0.25) is 5.02 Å². The van der Waals surface area contributed by atoms with Crippen molar-refractivity contribution >= 4 is 29.1 Å². The summed E-state index contributed by atoms with van der Waals surface area (Å²) in [5.74, 6) is 5.10. The Morgan fingerprint density at radius 3 is 2.63 bits per heavy atom. The van der Waals surface area contributed by atoms with Gasteiger partial charge in [-0.15, -0.1) is 0 Å². The summed E-state index contributed by atoms with van der Waals surface area (Å²) in [7, 11) is 0. The van der Waals surface area contributed by atoms with E-state index >= 15 is 0 Å². The van der Waals surface area contributed by atoms with E-state index < -0.39 is 5.91 Å². The molecule has 2 heterocycles. The molecular formula is C10H9ClN6O2. The number of nitrogens with zero attached hydrogens (tertiary/aromatic N) is 2. The topological polar surface area (TPSA) is 126 Å². The van der Waals surface area contributed by atoms with Crippen LogP contribution in [0.3, 0.4) is 0 Å². The fourth-order valence-electron chi connectivity index (χ4n) is 1.27. The second-order valence-electron chi connectivity index (χ2n) is 3.43. The predicted molar refractivity (Wildman–Crippen MR) is 69.9 cm³/mol. The first-order valence-electron chi connectivity index (χ1n) is 5.10. The number of H-pyrrole nitrogens is 1. The van der Waals surface area contributed by atoms with Crippen molar-refractivity contribution < 1.29 is 4.79 Å². The van der Waals surface area contributed by atoms with E-state index in [2.05, 4.69) is 25.9 Å². The number of aromatic nitrogens is 3. The second kappa shape index (κ2) is 5.46. The number of hydrazine groups is 1. The molecule has 0 atom stereocenters. The van der Waals surface area contributed by atoms with E-state index in [-0.39, 0.29) is 22.1 Å². The lowest BCUT2D eigenvalue weighted by atomic mass is 10.3. The predicted octanol–water partition coefficient (Wildman–Crippen LogP) is 0.356. The van der Waals surface area contributed by atoms with Gasteiger partial charge in [0.2, 0.25) is 0 Å². The van der Waals surface area contributed by atoms with Crippen LogP contribution >= 0.6 is 11.6 Å². The maximum absolute atomic E-state index is 11.9. The van der Waals surface area contributed by atoms with E-state index in [4.69, 9.17) is 17.4 Å². The van der Waals surface area contributed by atoms with Crippen molar-refractivity contribution in [2.24, 2.45) is 5.84 Å². The van der Waals surface area contributed by atoms with Crippen molar-refractivity contribution in [2.75, 3.05) is 10.7 Å². The van der Waals surface area contributed by atoms with E-state index in [0.29, 0.717) is 5.82 Å². The van der Waals surface area contributed by atoms with Gasteiger partial charge in [-0.05, 0) is 18.2 Å². The Bertz CT molecular complexity index is 651. The van der Waals surface area contributed by atoms with Gasteiger partial charge in [-0.1, -0.05) is 11.6 Å². The van der Waals surface area contributed by atoms with Crippen LogP contribution in [0.4, 0.5) is 11.6 Å². The summed E-state index contributed by atoms with van der Waals surface area (Å²) < 4.78 is 0. The number of nitrogens with two attached hydrogens (primary N) is 1. The summed E-state index contributed by atoms with van der Waals surface area (Å²) >= 11 is 5.87. The molecule has 0 aromatic carbocycles. The van der Waals surface area contributed by atoms with Crippen LogP contribution in [0.25, 0.3) is 0 Å². The van der Waals surface area contributed by atoms with Crippen molar-refractivity contribution in [3.05, 3.63) is 45.3 Å². The van der Waals surface area contributed by atoms with Crippen LogP contribution in [0.15, 0.2) is 29.1 Å².